The van der Waals surface area contributed by atoms with Crippen LogP contribution in [0.2, 0.25) is 0 Å². The Labute approximate surface area is 111 Å². The fourth-order valence-electron chi connectivity index (χ4n) is 2.01. The normalized spacial score (nSPS) is 10.8. The van der Waals surface area contributed by atoms with Crippen molar-refractivity contribution in [3.63, 3.8) is 0 Å². The van der Waals surface area contributed by atoms with Gasteiger partial charge in [-0.1, -0.05) is 51.2 Å². The Morgan fingerprint density at radius 2 is 1.76 bits per heavy atom. The van der Waals surface area contributed by atoms with Gasteiger partial charge in [-0.3, -0.25) is 0 Å². The lowest BCUT2D eigenvalue weighted by Gasteiger charge is -2.06. The van der Waals surface area contributed by atoms with Crippen LogP contribution in [0.5, 0.6) is 0 Å². The zero-order valence-corrected chi connectivity index (χ0v) is 11.7. The molecule has 0 atom stereocenters. The molecular formula is C15H24OS. The van der Waals surface area contributed by atoms with Crippen molar-refractivity contribution in [3.05, 3.63) is 29.3 Å². The van der Waals surface area contributed by atoms with E-state index in [9.17, 15) is 0 Å². The molecule has 0 unspecified atom stereocenters. The van der Waals surface area contributed by atoms with Crippen LogP contribution in [0.4, 0.5) is 0 Å². The second-order valence-electron chi connectivity index (χ2n) is 4.64. The predicted octanol–water partition coefficient (Wildman–Crippen LogP) is 4.37. The van der Waals surface area contributed by atoms with E-state index in [2.05, 4.69) is 31.7 Å². The fourth-order valence-corrected chi connectivity index (χ4v) is 2.32. The third-order valence-electron chi connectivity index (χ3n) is 3.14. The lowest BCUT2D eigenvalue weighted by molar-refractivity contribution is 0.279. The summed E-state index contributed by atoms with van der Waals surface area (Å²) in [5.74, 6) is 0. The largest absolute Gasteiger partial charge is 0.392 e. The van der Waals surface area contributed by atoms with Crippen molar-refractivity contribution in [2.24, 2.45) is 0 Å². The highest BCUT2D eigenvalue weighted by Crippen LogP contribution is 2.18. The topological polar surface area (TPSA) is 20.2 Å². The van der Waals surface area contributed by atoms with Crippen molar-refractivity contribution in [3.8, 4) is 0 Å². The number of hydrogen-bond donors (Lipinski definition) is 2. The third-order valence-corrected chi connectivity index (χ3v) is 3.56. The molecule has 0 amide bonds. The predicted molar refractivity (Wildman–Crippen MR) is 76.7 cm³/mol. The highest BCUT2D eigenvalue weighted by atomic mass is 32.1. The lowest BCUT2D eigenvalue weighted by atomic mass is 10.0. The molecule has 0 spiro atoms. The molecule has 0 saturated carbocycles. The maximum atomic E-state index is 9.06. The summed E-state index contributed by atoms with van der Waals surface area (Å²) < 4.78 is 0. The maximum absolute atomic E-state index is 9.06. The van der Waals surface area contributed by atoms with Crippen molar-refractivity contribution in [2.75, 3.05) is 0 Å². The zero-order chi connectivity index (χ0) is 12.5. The van der Waals surface area contributed by atoms with Crippen LogP contribution in [0, 0.1) is 0 Å². The van der Waals surface area contributed by atoms with Gasteiger partial charge >= 0.3 is 0 Å². The van der Waals surface area contributed by atoms with E-state index >= 15 is 0 Å². The van der Waals surface area contributed by atoms with Gasteiger partial charge in [-0.05, 0) is 30.0 Å². The number of aliphatic hydroxyl groups excluding tert-OH is 1. The molecule has 1 rings (SSSR count). The van der Waals surface area contributed by atoms with E-state index in [1.54, 1.807) is 0 Å². The van der Waals surface area contributed by atoms with Crippen LogP contribution in [0.15, 0.2) is 23.1 Å². The fraction of sp³-hybridized carbons (Fsp3) is 0.600. The number of rotatable bonds is 8. The average molecular weight is 252 g/mol. The lowest BCUT2D eigenvalue weighted by Crippen LogP contribution is -1.90. The summed E-state index contributed by atoms with van der Waals surface area (Å²) in [6.07, 6.45) is 9.12. The Balaban J connectivity index is 2.25. The molecule has 1 N–H and O–H groups in total. The highest BCUT2D eigenvalue weighted by molar-refractivity contribution is 7.80. The first-order chi connectivity index (χ1) is 8.27. The second-order valence-corrected chi connectivity index (χ2v) is 5.12. The van der Waals surface area contributed by atoms with Gasteiger partial charge in [0.1, 0.15) is 0 Å². The molecule has 17 heavy (non-hydrogen) atoms. The number of hydrogen-bond acceptors (Lipinski definition) is 2. The van der Waals surface area contributed by atoms with E-state index in [1.165, 1.54) is 44.1 Å². The molecule has 0 fully saturated rings. The number of benzene rings is 1. The van der Waals surface area contributed by atoms with Gasteiger partial charge in [0, 0.05) is 4.90 Å². The summed E-state index contributed by atoms with van der Waals surface area (Å²) in [7, 11) is 0. The van der Waals surface area contributed by atoms with Gasteiger partial charge in [0.15, 0.2) is 0 Å². The molecule has 0 aromatic heterocycles. The quantitative estimate of drug-likeness (QED) is 0.520. The number of thiol groups is 1. The minimum absolute atomic E-state index is 0.0795. The summed E-state index contributed by atoms with van der Waals surface area (Å²) in [6, 6.07) is 6.17. The first kappa shape index (κ1) is 14.6. The van der Waals surface area contributed by atoms with Crippen molar-refractivity contribution < 1.29 is 5.11 Å². The molecule has 0 bridgehead atoms. The first-order valence-corrected chi connectivity index (χ1v) is 7.14. The number of unbranched alkanes of at least 4 members (excludes halogenated alkanes) is 5. The molecule has 1 aromatic rings. The van der Waals surface area contributed by atoms with Crippen molar-refractivity contribution >= 4 is 12.6 Å². The van der Waals surface area contributed by atoms with Crippen LogP contribution in [-0.2, 0) is 13.0 Å². The van der Waals surface area contributed by atoms with Gasteiger partial charge < -0.3 is 5.11 Å². The summed E-state index contributed by atoms with van der Waals surface area (Å²) >= 11 is 4.38. The SMILES string of the molecule is CCCCCCCCc1ccc(CO)c(S)c1. The van der Waals surface area contributed by atoms with Crippen LogP contribution in [0.3, 0.4) is 0 Å². The molecule has 96 valence electrons. The molecule has 2 heteroatoms. The van der Waals surface area contributed by atoms with Gasteiger partial charge in [0.05, 0.1) is 6.61 Å². The number of aliphatic hydroxyl groups is 1. The Morgan fingerprint density at radius 3 is 2.41 bits per heavy atom. The number of aryl methyl sites for hydroxylation is 1. The van der Waals surface area contributed by atoms with Gasteiger partial charge in [-0.2, -0.15) is 0 Å². The van der Waals surface area contributed by atoms with Gasteiger partial charge in [-0.25, -0.2) is 0 Å². The Kier molecular flexibility index (Phi) is 7.38. The Bertz CT molecular complexity index is 323. The summed E-state index contributed by atoms with van der Waals surface area (Å²) in [5, 5.41) is 9.06. The standard InChI is InChI=1S/C15H24OS/c1-2-3-4-5-6-7-8-13-9-10-14(12-16)15(17)11-13/h9-11,16-17H,2-8,12H2,1H3. The Morgan fingerprint density at radius 1 is 1.06 bits per heavy atom. The van der Waals surface area contributed by atoms with Crippen molar-refractivity contribution in [1.82, 2.24) is 0 Å². The highest BCUT2D eigenvalue weighted by Gasteiger charge is 2.00. The van der Waals surface area contributed by atoms with E-state index < -0.39 is 0 Å². The molecule has 0 aliphatic carbocycles. The molecule has 0 heterocycles. The zero-order valence-electron chi connectivity index (χ0n) is 10.8. The van der Waals surface area contributed by atoms with E-state index in [-0.39, 0.29) is 6.61 Å². The Hall–Kier alpha value is -0.470. The average Bonchev–Trinajstić information content (AvgIpc) is 2.34. The van der Waals surface area contributed by atoms with E-state index in [0.717, 1.165) is 16.9 Å². The third kappa shape index (κ3) is 5.60. The monoisotopic (exact) mass is 252 g/mol. The van der Waals surface area contributed by atoms with Crippen LogP contribution in [0.25, 0.3) is 0 Å². The minimum Gasteiger partial charge on any atom is -0.392 e. The molecule has 1 nitrogen and oxygen atoms in total. The molecule has 0 saturated heterocycles. The smallest absolute Gasteiger partial charge is 0.0692 e. The second kappa shape index (κ2) is 8.60. The molecular weight excluding hydrogens is 228 g/mol. The van der Waals surface area contributed by atoms with E-state index in [4.69, 9.17) is 5.11 Å². The van der Waals surface area contributed by atoms with Crippen LogP contribution >= 0.6 is 12.6 Å². The van der Waals surface area contributed by atoms with E-state index in [0.29, 0.717) is 0 Å². The summed E-state index contributed by atoms with van der Waals surface area (Å²) in [6.45, 7) is 2.33. The summed E-state index contributed by atoms with van der Waals surface area (Å²) in [5.41, 5.74) is 2.25. The van der Waals surface area contributed by atoms with Crippen LogP contribution < -0.4 is 0 Å². The molecule has 1 aromatic carbocycles. The van der Waals surface area contributed by atoms with Crippen LogP contribution in [0.1, 0.15) is 56.6 Å². The van der Waals surface area contributed by atoms with Crippen LogP contribution in [-0.4, -0.2) is 5.11 Å². The van der Waals surface area contributed by atoms with Crippen molar-refractivity contribution in [2.45, 2.75) is 63.4 Å². The molecule has 0 aliphatic rings. The van der Waals surface area contributed by atoms with Gasteiger partial charge in [-0.15, -0.1) is 12.6 Å². The maximum Gasteiger partial charge on any atom is 0.0692 e. The van der Waals surface area contributed by atoms with Gasteiger partial charge in [0.2, 0.25) is 0 Å². The molecule has 0 aliphatic heterocycles. The minimum atomic E-state index is 0.0795. The van der Waals surface area contributed by atoms with Gasteiger partial charge in [0.25, 0.3) is 0 Å². The van der Waals surface area contributed by atoms with Crippen molar-refractivity contribution in [1.29, 1.82) is 0 Å². The van der Waals surface area contributed by atoms with E-state index in [1.807, 2.05) is 6.07 Å². The molecule has 0 radical (unpaired) electrons. The first-order valence-electron chi connectivity index (χ1n) is 6.69. The summed E-state index contributed by atoms with van der Waals surface area (Å²) in [4.78, 5) is 0.913.